The van der Waals surface area contributed by atoms with Crippen molar-refractivity contribution in [3.8, 4) is 22.6 Å². The first kappa shape index (κ1) is 15.7. The second-order valence-corrected chi connectivity index (χ2v) is 5.32. The SMILES string of the molecule is COC(=O)c1ccc(-c2nc(-c3ccccc3)c(C)c(=O)[nH]2)cc1. The molecule has 1 N–H and O–H groups in total. The highest BCUT2D eigenvalue weighted by Gasteiger charge is 2.12. The van der Waals surface area contributed by atoms with Crippen LogP contribution in [0.4, 0.5) is 0 Å². The molecule has 0 aliphatic rings. The third-order valence-electron chi connectivity index (χ3n) is 3.78. The molecule has 0 amide bonds. The summed E-state index contributed by atoms with van der Waals surface area (Å²) < 4.78 is 4.68. The van der Waals surface area contributed by atoms with Crippen LogP contribution in [0.15, 0.2) is 59.4 Å². The molecule has 0 radical (unpaired) electrons. The second-order valence-electron chi connectivity index (χ2n) is 5.32. The molecule has 0 aliphatic heterocycles. The van der Waals surface area contributed by atoms with Crippen LogP contribution in [-0.2, 0) is 4.74 Å². The van der Waals surface area contributed by atoms with Gasteiger partial charge in [0.2, 0.25) is 0 Å². The van der Waals surface area contributed by atoms with E-state index in [-0.39, 0.29) is 5.56 Å². The topological polar surface area (TPSA) is 72.0 Å². The van der Waals surface area contributed by atoms with E-state index in [9.17, 15) is 9.59 Å². The average molecular weight is 320 g/mol. The first-order chi connectivity index (χ1) is 11.6. The molecule has 2 aromatic carbocycles. The maximum atomic E-state index is 12.3. The summed E-state index contributed by atoms with van der Waals surface area (Å²) in [4.78, 5) is 31.1. The fourth-order valence-electron chi connectivity index (χ4n) is 2.43. The maximum Gasteiger partial charge on any atom is 0.337 e. The van der Waals surface area contributed by atoms with Crippen LogP contribution in [0.5, 0.6) is 0 Å². The number of hydrogen-bond acceptors (Lipinski definition) is 4. The monoisotopic (exact) mass is 320 g/mol. The van der Waals surface area contributed by atoms with Crippen LogP contribution >= 0.6 is 0 Å². The van der Waals surface area contributed by atoms with Crippen LogP contribution in [0.3, 0.4) is 0 Å². The Morgan fingerprint density at radius 2 is 1.67 bits per heavy atom. The van der Waals surface area contributed by atoms with Crippen molar-refractivity contribution in [3.05, 3.63) is 76.1 Å². The minimum absolute atomic E-state index is 0.184. The van der Waals surface area contributed by atoms with Gasteiger partial charge in [0.05, 0.1) is 18.4 Å². The molecule has 1 heterocycles. The fraction of sp³-hybridized carbons (Fsp3) is 0.105. The lowest BCUT2D eigenvalue weighted by atomic mass is 10.1. The van der Waals surface area contributed by atoms with E-state index in [0.29, 0.717) is 22.6 Å². The fourth-order valence-corrected chi connectivity index (χ4v) is 2.43. The maximum absolute atomic E-state index is 12.3. The number of aromatic amines is 1. The van der Waals surface area contributed by atoms with Gasteiger partial charge in [0.25, 0.3) is 5.56 Å². The van der Waals surface area contributed by atoms with Gasteiger partial charge in [-0.3, -0.25) is 4.79 Å². The number of carbonyl (C=O) groups is 1. The normalized spacial score (nSPS) is 10.4. The minimum Gasteiger partial charge on any atom is -0.465 e. The van der Waals surface area contributed by atoms with E-state index in [1.165, 1.54) is 7.11 Å². The summed E-state index contributed by atoms with van der Waals surface area (Å²) in [5.41, 5.74) is 3.07. The van der Waals surface area contributed by atoms with Gasteiger partial charge >= 0.3 is 5.97 Å². The number of benzene rings is 2. The predicted octanol–water partition coefficient (Wildman–Crippen LogP) is 3.20. The van der Waals surface area contributed by atoms with Gasteiger partial charge in [0.15, 0.2) is 0 Å². The Kier molecular flexibility index (Phi) is 4.24. The smallest absolute Gasteiger partial charge is 0.337 e. The molecule has 120 valence electrons. The molecule has 0 bridgehead atoms. The minimum atomic E-state index is -0.406. The Balaban J connectivity index is 2.08. The molecule has 3 aromatic rings. The highest BCUT2D eigenvalue weighted by atomic mass is 16.5. The number of hydrogen-bond donors (Lipinski definition) is 1. The molecule has 5 nitrogen and oxygen atoms in total. The van der Waals surface area contributed by atoms with E-state index in [0.717, 1.165) is 11.1 Å². The van der Waals surface area contributed by atoms with E-state index >= 15 is 0 Å². The number of methoxy groups -OCH3 is 1. The number of ether oxygens (including phenoxy) is 1. The standard InChI is InChI=1S/C19H16N2O3/c1-12-16(13-6-4-3-5-7-13)20-17(21-18(12)22)14-8-10-15(11-9-14)19(23)24-2/h3-11H,1-2H3,(H,20,21,22). The summed E-state index contributed by atoms with van der Waals surface area (Å²) >= 11 is 0. The van der Waals surface area contributed by atoms with Crippen LogP contribution < -0.4 is 5.56 Å². The third-order valence-corrected chi connectivity index (χ3v) is 3.78. The van der Waals surface area contributed by atoms with Crippen LogP contribution in [-0.4, -0.2) is 23.0 Å². The van der Waals surface area contributed by atoms with Crippen molar-refractivity contribution < 1.29 is 9.53 Å². The molecular formula is C19H16N2O3. The summed E-state index contributed by atoms with van der Waals surface area (Å²) in [5.74, 6) is 0.0535. The Hall–Kier alpha value is -3.21. The van der Waals surface area contributed by atoms with E-state index in [1.54, 1.807) is 31.2 Å². The van der Waals surface area contributed by atoms with E-state index in [1.807, 2.05) is 30.3 Å². The van der Waals surface area contributed by atoms with Gasteiger partial charge in [-0.25, -0.2) is 9.78 Å². The number of H-pyrrole nitrogens is 1. The molecular weight excluding hydrogens is 304 g/mol. The van der Waals surface area contributed by atoms with E-state index < -0.39 is 5.97 Å². The zero-order valence-electron chi connectivity index (χ0n) is 13.4. The molecule has 0 atom stereocenters. The van der Waals surface area contributed by atoms with Gasteiger partial charge in [-0.15, -0.1) is 0 Å². The molecule has 0 fully saturated rings. The average Bonchev–Trinajstić information content (AvgIpc) is 2.64. The summed E-state index contributed by atoms with van der Waals surface area (Å²) in [6, 6.07) is 16.3. The number of esters is 1. The molecule has 0 spiro atoms. The second kappa shape index (κ2) is 6.50. The van der Waals surface area contributed by atoms with Crippen molar-refractivity contribution in [3.63, 3.8) is 0 Å². The first-order valence-electron chi connectivity index (χ1n) is 7.45. The largest absolute Gasteiger partial charge is 0.465 e. The Bertz CT molecular complexity index is 929. The highest BCUT2D eigenvalue weighted by molar-refractivity contribution is 5.89. The lowest BCUT2D eigenvalue weighted by Crippen LogP contribution is -2.14. The number of carbonyl (C=O) groups excluding carboxylic acids is 1. The number of nitrogens with one attached hydrogen (secondary N) is 1. The number of aromatic nitrogens is 2. The number of rotatable bonds is 3. The van der Waals surface area contributed by atoms with Crippen molar-refractivity contribution in [1.82, 2.24) is 9.97 Å². The Labute approximate surface area is 139 Å². The summed E-state index contributed by atoms with van der Waals surface area (Å²) in [5, 5.41) is 0. The molecule has 1 aromatic heterocycles. The van der Waals surface area contributed by atoms with Crippen LogP contribution in [0.2, 0.25) is 0 Å². The van der Waals surface area contributed by atoms with Crippen molar-refractivity contribution >= 4 is 5.97 Å². The van der Waals surface area contributed by atoms with Gasteiger partial charge in [0, 0.05) is 16.7 Å². The van der Waals surface area contributed by atoms with Crippen molar-refractivity contribution in [2.75, 3.05) is 7.11 Å². The molecule has 0 saturated carbocycles. The summed E-state index contributed by atoms with van der Waals surface area (Å²) in [7, 11) is 1.33. The van der Waals surface area contributed by atoms with Gasteiger partial charge in [-0.1, -0.05) is 42.5 Å². The molecule has 0 aliphatic carbocycles. The van der Waals surface area contributed by atoms with Gasteiger partial charge < -0.3 is 9.72 Å². The lowest BCUT2D eigenvalue weighted by Gasteiger charge is -2.08. The van der Waals surface area contributed by atoms with Crippen LogP contribution in [0, 0.1) is 6.92 Å². The molecule has 0 unspecified atom stereocenters. The Morgan fingerprint density at radius 3 is 2.29 bits per heavy atom. The molecule has 5 heteroatoms. The van der Waals surface area contributed by atoms with Crippen molar-refractivity contribution in [2.24, 2.45) is 0 Å². The van der Waals surface area contributed by atoms with Gasteiger partial charge in [-0.05, 0) is 19.1 Å². The van der Waals surface area contributed by atoms with Crippen molar-refractivity contribution in [1.29, 1.82) is 0 Å². The van der Waals surface area contributed by atoms with Gasteiger partial charge in [-0.2, -0.15) is 0 Å². The molecule has 3 rings (SSSR count). The number of nitrogens with zero attached hydrogens (tertiary/aromatic N) is 1. The molecule has 0 saturated heterocycles. The van der Waals surface area contributed by atoms with E-state index in [2.05, 4.69) is 14.7 Å². The lowest BCUT2D eigenvalue weighted by molar-refractivity contribution is 0.0601. The first-order valence-corrected chi connectivity index (χ1v) is 7.45. The van der Waals surface area contributed by atoms with Crippen molar-refractivity contribution in [2.45, 2.75) is 6.92 Å². The van der Waals surface area contributed by atoms with Gasteiger partial charge in [0.1, 0.15) is 5.82 Å². The van der Waals surface area contributed by atoms with Crippen LogP contribution in [0.1, 0.15) is 15.9 Å². The molecule has 24 heavy (non-hydrogen) atoms. The van der Waals surface area contributed by atoms with E-state index in [4.69, 9.17) is 0 Å². The zero-order valence-corrected chi connectivity index (χ0v) is 13.4. The summed E-state index contributed by atoms with van der Waals surface area (Å²) in [6.45, 7) is 1.75. The summed E-state index contributed by atoms with van der Waals surface area (Å²) in [6.07, 6.45) is 0. The zero-order chi connectivity index (χ0) is 17.1. The quantitative estimate of drug-likeness (QED) is 0.752. The predicted molar refractivity (Wildman–Crippen MR) is 91.8 cm³/mol. The van der Waals surface area contributed by atoms with Crippen LogP contribution in [0.25, 0.3) is 22.6 Å². The third kappa shape index (κ3) is 2.96. The Morgan fingerprint density at radius 1 is 1.00 bits per heavy atom. The highest BCUT2D eigenvalue weighted by Crippen LogP contribution is 2.22.